The van der Waals surface area contributed by atoms with Crippen molar-refractivity contribution < 1.29 is 4.79 Å². The molecular weight excluding hydrogens is 212 g/mol. The number of unbranched alkanes of at least 4 members (excludes halogenated alkanes) is 3. The summed E-state index contributed by atoms with van der Waals surface area (Å²) in [5.41, 5.74) is 5.43. The highest BCUT2D eigenvalue weighted by Crippen LogP contribution is 2.17. The van der Waals surface area contributed by atoms with E-state index in [-0.39, 0.29) is 5.91 Å². The van der Waals surface area contributed by atoms with Gasteiger partial charge in [0.25, 0.3) is 0 Å². The minimum Gasteiger partial charge on any atom is -0.353 e. The summed E-state index contributed by atoms with van der Waals surface area (Å²) in [6.07, 6.45) is 12.7. The SMILES string of the molecule is NCCCCCCC(=O)NC1CCCCCC1. The Morgan fingerprint density at radius 1 is 1.00 bits per heavy atom. The summed E-state index contributed by atoms with van der Waals surface area (Å²) in [4.78, 5) is 11.7. The smallest absolute Gasteiger partial charge is 0.220 e. The lowest BCUT2D eigenvalue weighted by molar-refractivity contribution is -0.122. The standard InChI is InChI=1S/C14H28N2O/c15-12-8-4-3-7-11-14(17)16-13-9-5-1-2-6-10-13/h13H,1-12,15H2,(H,16,17). The Labute approximate surface area is 106 Å². The van der Waals surface area contributed by atoms with E-state index in [0.29, 0.717) is 12.5 Å². The number of hydrogen-bond acceptors (Lipinski definition) is 2. The van der Waals surface area contributed by atoms with E-state index in [0.717, 1.165) is 32.2 Å². The number of carbonyl (C=O) groups is 1. The van der Waals surface area contributed by atoms with Crippen molar-refractivity contribution >= 4 is 5.91 Å². The topological polar surface area (TPSA) is 55.1 Å². The number of hydrogen-bond donors (Lipinski definition) is 2. The lowest BCUT2D eigenvalue weighted by Gasteiger charge is -2.16. The molecular formula is C14H28N2O. The van der Waals surface area contributed by atoms with Crippen molar-refractivity contribution in [2.24, 2.45) is 5.73 Å². The molecule has 0 aliphatic heterocycles. The van der Waals surface area contributed by atoms with Crippen LogP contribution in [0.25, 0.3) is 0 Å². The van der Waals surface area contributed by atoms with E-state index < -0.39 is 0 Å². The molecule has 1 rings (SSSR count). The summed E-state index contributed by atoms with van der Waals surface area (Å²) in [5, 5.41) is 3.19. The Morgan fingerprint density at radius 3 is 2.29 bits per heavy atom. The number of amides is 1. The molecule has 1 aliphatic carbocycles. The fraction of sp³-hybridized carbons (Fsp3) is 0.929. The number of rotatable bonds is 7. The molecule has 0 unspecified atom stereocenters. The maximum atomic E-state index is 11.7. The minimum absolute atomic E-state index is 0.254. The van der Waals surface area contributed by atoms with E-state index in [2.05, 4.69) is 5.32 Å². The number of nitrogens with two attached hydrogens (primary N) is 1. The van der Waals surface area contributed by atoms with Crippen molar-refractivity contribution in [2.75, 3.05) is 6.54 Å². The molecule has 3 nitrogen and oxygen atoms in total. The van der Waals surface area contributed by atoms with Crippen LogP contribution < -0.4 is 11.1 Å². The number of nitrogens with one attached hydrogen (secondary N) is 1. The van der Waals surface area contributed by atoms with E-state index >= 15 is 0 Å². The van der Waals surface area contributed by atoms with Crippen molar-refractivity contribution in [3.05, 3.63) is 0 Å². The predicted molar refractivity (Wildman–Crippen MR) is 71.8 cm³/mol. The first kappa shape index (κ1) is 14.5. The quantitative estimate of drug-likeness (QED) is 0.531. The zero-order valence-electron chi connectivity index (χ0n) is 11.0. The van der Waals surface area contributed by atoms with Gasteiger partial charge in [-0.25, -0.2) is 0 Å². The summed E-state index contributed by atoms with van der Waals surface area (Å²) in [6.45, 7) is 0.772. The Kier molecular flexibility index (Phi) is 8.06. The van der Waals surface area contributed by atoms with Gasteiger partial charge in [-0.1, -0.05) is 38.5 Å². The third-order valence-electron chi connectivity index (χ3n) is 3.58. The molecule has 0 saturated heterocycles. The van der Waals surface area contributed by atoms with Crippen LogP contribution in [0.2, 0.25) is 0 Å². The van der Waals surface area contributed by atoms with Gasteiger partial charge in [0.1, 0.15) is 0 Å². The van der Waals surface area contributed by atoms with Crippen molar-refractivity contribution in [1.29, 1.82) is 0 Å². The van der Waals surface area contributed by atoms with Crippen LogP contribution in [0.5, 0.6) is 0 Å². The molecule has 0 atom stereocenters. The fourth-order valence-electron chi connectivity index (χ4n) is 2.51. The van der Waals surface area contributed by atoms with E-state index in [1.807, 2.05) is 0 Å². The zero-order valence-corrected chi connectivity index (χ0v) is 11.0. The van der Waals surface area contributed by atoms with Gasteiger partial charge in [-0.2, -0.15) is 0 Å². The molecule has 1 fully saturated rings. The third kappa shape index (κ3) is 7.37. The first-order valence-corrected chi connectivity index (χ1v) is 7.32. The highest BCUT2D eigenvalue weighted by Gasteiger charge is 2.13. The van der Waals surface area contributed by atoms with E-state index in [1.54, 1.807) is 0 Å². The van der Waals surface area contributed by atoms with Crippen LogP contribution in [-0.4, -0.2) is 18.5 Å². The Bertz CT molecular complexity index is 198. The van der Waals surface area contributed by atoms with E-state index in [9.17, 15) is 4.79 Å². The van der Waals surface area contributed by atoms with Crippen molar-refractivity contribution in [2.45, 2.75) is 76.7 Å². The minimum atomic E-state index is 0.254. The van der Waals surface area contributed by atoms with Crippen LogP contribution in [-0.2, 0) is 4.79 Å². The second kappa shape index (κ2) is 9.46. The van der Waals surface area contributed by atoms with E-state index in [4.69, 9.17) is 5.73 Å². The van der Waals surface area contributed by atoms with Gasteiger partial charge in [0.2, 0.25) is 5.91 Å². The number of carbonyl (C=O) groups excluding carboxylic acids is 1. The molecule has 100 valence electrons. The van der Waals surface area contributed by atoms with Crippen LogP contribution in [0.3, 0.4) is 0 Å². The summed E-state index contributed by atoms with van der Waals surface area (Å²) < 4.78 is 0. The summed E-state index contributed by atoms with van der Waals surface area (Å²) in [6, 6.07) is 0.453. The summed E-state index contributed by atoms with van der Waals surface area (Å²) in [7, 11) is 0. The lowest BCUT2D eigenvalue weighted by Crippen LogP contribution is -2.34. The maximum Gasteiger partial charge on any atom is 0.220 e. The van der Waals surface area contributed by atoms with Gasteiger partial charge in [-0.15, -0.1) is 0 Å². The molecule has 0 spiro atoms. The molecule has 0 aromatic heterocycles. The molecule has 17 heavy (non-hydrogen) atoms. The van der Waals surface area contributed by atoms with Crippen LogP contribution in [0.4, 0.5) is 0 Å². The first-order valence-electron chi connectivity index (χ1n) is 7.32. The average Bonchev–Trinajstić information content (AvgIpc) is 2.57. The lowest BCUT2D eigenvalue weighted by atomic mass is 10.1. The molecule has 0 bridgehead atoms. The van der Waals surface area contributed by atoms with Gasteiger partial charge >= 0.3 is 0 Å². The van der Waals surface area contributed by atoms with Gasteiger partial charge in [-0.3, -0.25) is 4.79 Å². The summed E-state index contributed by atoms with van der Waals surface area (Å²) in [5.74, 6) is 0.254. The van der Waals surface area contributed by atoms with Crippen molar-refractivity contribution in [3.63, 3.8) is 0 Å². The third-order valence-corrected chi connectivity index (χ3v) is 3.58. The highest BCUT2D eigenvalue weighted by atomic mass is 16.1. The van der Waals surface area contributed by atoms with Crippen LogP contribution in [0, 0.1) is 0 Å². The second-order valence-electron chi connectivity index (χ2n) is 5.21. The monoisotopic (exact) mass is 240 g/mol. The van der Waals surface area contributed by atoms with Gasteiger partial charge in [0.15, 0.2) is 0 Å². The normalized spacial score (nSPS) is 17.7. The van der Waals surface area contributed by atoms with Crippen molar-refractivity contribution in [3.8, 4) is 0 Å². The van der Waals surface area contributed by atoms with Gasteiger partial charge in [-0.05, 0) is 32.2 Å². The van der Waals surface area contributed by atoms with Crippen LogP contribution >= 0.6 is 0 Å². The van der Waals surface area contributed by atoms with Crippen LogP contribution in [0.15, 0.2) is 0 Å². The molecule has 3 N–H and O–H groups in total. The fourth-order valence-corrected chi connectivity index (χ4v) is 2.51. The van der Waals surface area contributed by atoms with E-state index in [1.165, 1.54) is 38.5 Å². The molecule has 0 radical (unpaired) electrons. The molecule has 1 amide bonds. The largest absolute Gasteiger partial charge is 0.353 e. The zero-order chi connectivity index (χ0) is 12.3. The molecule has 0 heterocycles. The molecule has 1 saturated carbocycles. The average molecular weight is 240 g/mol. The maximum absolute atomic E-state index is 11.7. The van der Waals surface area contributed by atoms with Crippen LogP contribution in [0.1, 0.15) is 70.6 Å². The highest BCUT2D eigenvalue weighted by molar-refractivity contribution is 5.76. The Hall–Kier alpha value is -0.570. The molecule has 0 aromatic rings. The first-order chi connectivity index (χ1) is 8.33. The summed E-state index contributed by atoms with van der Waals surface area (Å²) >= 11 is 0. The molecule has 3 heteroatoms. The Balaban J connectivity index is 2.03. The molecule has 1 aliphatic rings. The second-order valence-corrected chi connectivity index (χ2v) is 5.21. The van der Waals surface area contributed by atoms with Gasteiger partial charge in [0.05, 0.1) is 0 Å². The van der Waals surface area contributed by atoms with Gasteiger partial charge in [0, 0.05) is 12.5 Å². The van der Waals surface area contributed by atoms with Gasteiger partial charge < -0.3 is 11.1 Å². The Morgan fingerprint density at radius 2 is 1.65 bits per heavy atom. The molecule has 0 aromatic carbocycles. The van der Waals surface area contributed by atoms with Crippen molar-refractivity contribution in [1.82, 2.24) is 5.32 Å². The predicted octanol–water partition coefficient (Wildman–Crippen LogP) is 2.73.